The molecule has 2 heteroatoms. The number of hydrogen-bond acceptors (Lipinski definition) is 2. The first-order chi connectivity index (χ1) is 8.45. The first kappa shape index (κ1) is 13.6. The molecule has 0 bridgehead atoms. The predicted molar refractivity (Wildman–Crippen MR) is 77.9 cm³/mol. The van der Waals surface area contributed by atoms with E-state index in [1.165, 1.54) is 17.7 Å². The van der Waals surface area contributed by atoms with Crippen LogP contribution in [0.1, 0.15) is 38.3 Å². The van der Waals surface area contributed by atoms with Gasteiger partial charge in [-0.05, 0) is 35.9 Å². The van der Waals surface area contributed by atoms with Crippen molar-refractivity contribution in [2.45, 2.75) is 45.1 Å². The van der Waals surface area contributed by atoms with Gasteiger partial charge < -0.3 is 10.6 Å². The number of nitrogens with two attached hydrogens (primary N) is 1. The lowest BCUT2D eigenvalue weighted by molar-refractivity contribution is 0.339. The summed E-state index contributed by atoms with van der Waals surface area (Å²) in [5.74, 6) is 0. The smallest absolute Gasteiger partial charge is 0.0180 e. The first-order valence-electron chi connectivity index (χ1n) is 7.02. The molecule has 1 aromatic carbocycles. The molecule has 2 N–H and O–H groups in total. The molecule has 0 amide bonds. The average Bonchev–Trinajstić information content (AvgIpc) is 2.72. The van der Waals surface area contributed by atoms with Gasteiger partial charge in [-0.15, -0.1) is 0 Å². The third kappa shape index (κ3) is 3.56. The molecule has 1 fully saturated rings. The van der Waals surface area contributed by atoms with Crippen LogP contribution in [0.4, 0.5) is 0 Å². The summed E-state index contributed by atoms with van der Waals surface area (Å²) in [4.78, 5) is 2.47. The Balaban J connectivity index is 1.87. The normalized spacial score (nSPS) is 21.4. The Morgan fingerprint density at radius 3 is 2.39 bits per heavy atom. The molecule has 1 aliphatic rings. The Morgan fingerprint density at radius 2 is 1.89 bits per heavy atom. The molecular weight excluding hydrogens is 220 g/mol. The van der Waals surface area contributed by atoms with Crippen LogP contribution in [0.5, 0.6) is 0 Å². The van der Waals surface area contributed by atoms with Crippen molar-refractivity contribution in [2.24, 2.45) is 5.73 Å². The molecule has 1 saturated heterocycles. The van der Waals surface area contributed by atoms with Gasteiger partial charge in [0.15, 0.2) is 0 Å². The predicted octanol–water partition coefficient (Wildman–Crippen LogP) is 2.56. The fourth-order valence-electron chi connectivity index (χ4n) is 2.52. The van der Waals surface area contributed by atoms with E-state index < -0.39 is 0 Å². The van der Waals surface area contributed by atoms with Gasteiger partial charge in [-0.25, -0.2) is 0 Å². The monoisotopic (exact) mass is 246 g/mol. The molecule has 2 nitrogen and oxygen atoms in total. The van der Waals surface area contributed by atoms with Crippen molar-refractivity contribution in [3.63, 3.8) is 0 Å². The van der Waals surface area contributed by atoms with Crippen LogP contribution >= 0.6 is 0 Å². The third-order valence-corrected chi connectivity index (χ3v) is 3.85. The van der Waals surface area contributed by atoms with Gasteiger partial charge in [-0.3, -0.25) is 0 Å². The lowest BCUT2D eigenvalue weighted by atomic mass is 9.86. The minimum Gasteiger partial charge on any atom is -0.326 e. The molecule has 1 atom stereocenters. The number of likely N-dealkylation sites (tertiary alicyclic amines) is 1. The summed E-state index contributed by atoms with van der Waals surface area (Å²) in [6.45, 7) is 10.2. The van der Waals surface area contributed by atoms with E-state index in [1.807, 2.05) is 0 Å². The third-order valence-electron chi connectivity index (χ3n) is 3.85. The van der Waals surface area contributed by atoms with Gasteiger partial charge in [0.1, 0.15) is 0 Å². The number of hydrogen-bond donors (Lipinski definition) is 1. The Kier molecular flexibility index (Phi) is 4.08. The van der Waals surface area contributed by atoms with E-state index in [0.29, 0.717) is 6.04 Å². The second-order valence-electron chi connectivity index (χ2n) is 6.55. The number of rotatable bonds is 3. The summed E-state index contributed by atoms with van der Waals surface area (Å²) >= 11 is 0. The molecule has 2 rings (SSSR count). The van der Waals surface area contributed by atoms with Crippen molar-refractivity contribution >= 4 is 0 Å². The standard InChI is InChI=1S/C16H26N2/c1-16(2,3)14-6-4-13(5-7-14)8-10-18-11-9-15(17)12-18/h4-7,15H,8-12,17H2,1-3H3. The van der Waals surface area contributed by atoms with Gasteiger partial charge in [0.05, 0.1) is 0 Å². The molecular formula is C16H26N2. The van der Waals surface area contributed by atoms with Gasteiger partial charge in [0.2, 0.25) is 0 Å². The minimum atomic E-state index is 0.250. The van der Waals surface area contributed by atoms with Crippen LogP contribution in [0, 0.1) is 0 Å². The van der Waals surface area contributed by atoms with Gasteiger partial charge >= 0.3 is 0 Å². The molecule has 1 aliphatic heterocycles. The summed E-state index contributed by atoms with van der Waals surface area (Å²) in [5.41, 5.74) is 9.02. The van der Waals surface area contributed by atoms with Gasteiger partial charge in [0.25, 0.3) is 0 Å². The quantitative estimate of drug-likeness (QED) is 0.888. The van der Waals surface area contributed by atoms with E-state index in [4.69, 9.17) is 5.73 Å². The van der Waals surface area contributed by atoms with Crippen LogP contribution in [0.2, 0.25) is 0 Å². The van der Waals surface area contributed by atoms with E-state index in [9.17, 15) is 0 Å². The lowest BCUT2D eigenvalue weighted by Crippen LogP contribution is -2.28. The molecule has 100 valence electrons. The Labute approximate surface area is 111 Å². The van der Waals surface area contributed by atoms with Gasteiger partial charge in [-0.1, -0.05) is 45.0 Å². The zero-order valence-corrected chi connectivity index (χ0v) is 11.9. The summed E-state index contributed by atoms with van der Waals surface area (Å²) < 4.78 is 0. The molecule has 0 spiro atoms. The lowest BCUT2D eigenvalue weighted by Gasteiger charge is -2.19. The summed E-state index contributed by atoms with van der Waals surface area (Å²) in [7, 11) is 0. The fraction of sp³-hybridized carbons (Fsp3) is 0.625. The summed E-state index contributed by atoms with van der Waals surface area (Å²) in [5, 5.41) is 0. The maximum absolute atomic E-state index is 5.92. The molecule has 1 unspecified atom stereocenters. The largest absolute Gasteiger partial charge is 0.326 e. The Hall–Kier alpha value is -0.860. The highest BCUT2D eigenvalue weighted by molar-refractivity contribution is 5.27. The second kappa shape index (κ2) is 5.41. The highest BCUT2D eigenvalue weighted by Crippen LogP contribution is 2.22. The fourth-order valence-corrected chi connectivity index (χ4v) is 2.52. The molecule has 0 aromatic heterocycles. The van der Waals surface area contributed by atoms with Crippen molar-refractivity contribution in [2.75, 3.05) is 19.6 Å². The van der Waals surface area contributed by atoms with Crippen LogP contribution in [0.25, 0.3) is 0 Å². The van der Waals surface area contributed by atoms with Crippen LogP contribution < -0.4 is 5.73 Å². The van der Waals surface area contributed by atoms with Gasteiger partial charge in [-0.2, -0.15) is 0 Å². The SMILES string of the molecule is CC(C)(C)c1ccc(CCN2CCC(N)C2)cc1. The van der Waals surface area contributed by atoms with Crippen LogP contribution in [0.3, 0.4) is 0 Å². The maximum atomic E-state index is 5.92. The Morgan fingerprint density at radius 1 is 1.22 bits per heavy atom. The van der Waals surface area contributed by atoms with Crippen molar-refractivity contribution in [3.8, 4) is 0 Å². The highest BCUT2D eigenvalue weighted by atomic mass is 15.2. The number of benzene rings is 1. The topological polar surface area (TPSA) is 29.3 Å². The molecule has 18 heavy (non-hydrogen) atoms. The highest BCUT2D eigenvalue weighted by Gasteiger charge is 2.18. The van der Waals surface area contributed by atoms with E-state index in [0.717, 1.165) is 25.9 Å². The molecule has 0 saturated carbocycles. The average molecular weight is 246 g/mol. The molecule has 0 aliphatic carbocycles. The summed E-state index contributed by atoms with van der Waals surface area (Å²) in [6, 6.07) is 9.48. The second-order valence-corrected chi connectivity index (χ2v) is 6.55. The van der Waals surface area contributed by atoms with Crippen LogP contribution in [-0.4, -0.2) is 30.6 Å². The van der Waals surface area contributed by atoms with E-state index in [2.05, 4.69) is 49.9 Å². The van der Waals surface area contributed by atoms with Crippen molar-refractivity contribution in [1.29, 1.82) is 0 Å². The van der Waals surface area contributed by atoms with Crippen LogP contribution in [-0.2, 0) is 11.8 Å². The van der Waals surface area contributed by atoms with Crippen molar-refractivity contribution in [3.05, 3.63) is 35.4 Å². The summed E-state index contributed by atoms with van der Waals surface area (Å²) in [6.07, 6.45) is 2.29. The van der Waals surface area contributed by atoms with E-state index in [-0.39, 0.29) is 5.41 Å². The number of nitrogens with zero attached hydrogens (tertiary/aromatic N) is 1. The van der Waals surface area contributed by atoms with Crippen molar-refractivity contribution < 1.29 is 0 Å². The Bertz CT molecular complexity index is 375. The first-order valence-corrected chi connectivity index (χ1v) is 7.02. The molecule has 0 radical (unpaired) electrons. The zero-order chi connectivity index (χ0) is 13.2. The zero-order valence-electron chi connectivity index (χ0n) is 11.9. The molecule has 1 heterocycles. The maximum Gasteiger partial charge on any atom is 0.0180 e. The van der Waals surface area contributed by atoms with Gasteiger partial charge in [0, 0.05) is 19.1 Å². The van der Waals surface area contributed by atoms with E-state index >= 15 is 0 Å². The minimum absolute atomic E-state index is 0.250. The van der Waals surface area contributed by atoms with Crippen molar-refractivity contribution in [1.82, 2.24) is 4.90 Å². The van der Waals surface area contributed by atoms with Crippen LogP contribution in [0.15, 0.2) is 24.3 Å². The van der Waals surface area contributed by atoms with E-state index in [1.54, 1.807) is 0 Å². The molecule has 1 aromatic rings.